The summed E-state index contributed by atoms with van der Waals surface area (Å²) in [7, 11) is 0. The maximum Gasteiger partial charge on any atom is 0.460 e. The molecule has 0 fully saturated rings. The largest absolute Gasteiger partial charge is 0.460 e. The summed E-state index contributed by atoms with van der Waals surface area (Å²) in [6.45, 7) is 7.17. The van der Waals surface area contributed by atoms with Crippen LogP contribution in [0, 0.1) is 27.7 Å². The van der Waals surface area contributed by atoms with Crippen LogP contribution >= 0.6 is 0 Å². The Bertz CT molecular complexity index is 2330. The number of rotatable bonds is 23. The van der Waals surface area contributed by atoms with E-state index < -0.39 is 138 Å². The quantitative estimate of drug-likeness (QED) is 0.0881. The van der Waals surface area contributed by atoms with Crippen LogP contribution in [0.15, 0.2) is 24.3 Å². The second kappa shape index (κ2) is 19.8. The van der Waals surface area contributed by atoms with Gasteiger partial charge in [0.2, 0.25) is 0 Å². The van der Waals surface area contributed by atoms with Crippen molar-refractivity contribution in [1.82, 2.24) is 0 Å². The lowest BCUT2D eigenvalue weighted by atomic mass is 9.87. The molecule has 0 aromatic heterocycles. The Morgan fingerprint density at radius 3 is 0.816 bits per heavy atom. The minimum Gasteiger partial charge on any atom is -0.365 e. The Labute approximate surface area is 404 Å². The van der Waals surface area contributed by atoms with Gasteiger partial charge in [0.25, 0.3) is 0 Å². The molecule has 1 atom stereocenters. The van der Waals surface area contributed by atoms with Crippen molar-refractivity contribution in [3.8, 4) is 0 Å². The van der Waals surface area contributed by atoms with Gasteiger partial charge in [0.15, 0.2) is 0 Å². The Hall–Kier alpha value is -4.34. The predicted molar refractivity (Wildman–Crippen MR) is 196 cm³/mol. The molecule has 2 nitrogen and oxygen atoms in total. The summed E-state index contributed by atoms with van der Waals surface area (Å²) >= 11 is 0. The highest BCUT2D eigenvalue weighted by molar-refractivity contribution is 5.64. The number of halogens is 34. The molecule has 0 spiro atoms. The number of hydrogen-bond donors (Lipinski definition) is 1. The molecule has 0 radical (unpaired) electrons. The van der Waals surface area contributed by atoms with Crippen LogP contribution in [-0.2, 0) is 12.8 Å². The molecule has 1 unspecified atom stereocenters. The molecule has 0 amide bonds. The molecular weight excluding hydrogens is 1150 g/mol. The van der Waals surface area contributed by atoms with Gasteiger partial charge in [-0.05, 0) is 87.8 Å². The molecule has 2 aromatic carbocycles. The topological polar surface area (TPSA) is 15.3 Å². The van der Waals surface area contributed by atoms with Crippen LogP contribution in [0.1, 0.15) is 60.1 Å². The van der Waals surface area contributed by atoms with Crippen LogP contribution in [-0.4, -0.2) is 108 Å². The number of benzene rings is 2. The van der Waals surface area contributed by atoms with Gasteiger partial charge in [-0.15, -0.1) is 0 Å². The van der Waals surface area contributed by atoms with E-state index in [0.717, 1.165) is 52.0 Å². The van der Waals surface area contributed by atoms with Gasteiger partial charge in [0.05, 0.1) is 6.17 Å². The molecule has 0 aliphatic rings. The first kappa shape index (κ1) is 67.8. The molecule has 2 rings (SSSR count). The molecule has 442 valence electrons. The number of nitrogens with one attached hydrogen (secondary N) is 1. The number of aryl methyl sites for hydroxylation is 6. The smallest absolute Gasteiger partial charge is 0.365 e. The molecule has 2 aromatic rings. The second-order valence-electron chi connectivity index (χ2n) is 17.1. The van der Waals surface area contributed by atoms with Gasteiger partial charge in [-0.1, -0.05) is 24.3 Å². The minimum atomic E-state index is -8.82. The highest BCUT2D eigenvalue weighted by Crippen LogP contribution is 2.66. The first-order valence-electron chi connectivity index (χ1n) is 20.3. The normalized spacial score (nSPS) is 15.8. The average molecular weight is 1190 g/mol. The van der Waals surface area contributed by atoms with Gasteiger partial charge in [0, 0.05) is 30.8 Å². The van der Waals surface area contributed by atoms with E-state index >= 15 is 0 Å². The Morgan fingerprint density at radius 2 is 0.579 bits per heavy atom. The molecule has 1 N–H and O–H groups in total. The number of hydrogen-bond acceptors (Lipinski definition) is 2. The third-order valence-electron chi connectivity index (χ3n) is 11.6. The lowest BCUT2D eigenvalue weighted by molar-refractivity contribution is -0.461. The van der Waals surface area contributed by atoms with Crippen molar-refractivity contribution in [1.29, 1.82) is 0 Å². The summed E-state index contributed by atoms with van der Waals surface area (Å²) in [5.41, 5.74) is -1.46. The predicted octanol–water partition coefficient (Wildman–Crippen LogP) is 17.1. The van der Waals surface area contributed by atoms with Crippen LogP contribution in [0.4, 0.5) is 161 Å². The highest BCUT2D eigenvalue weighted by atomic mass is 19.4. The zero-order valence-corrected chi connectivity index (χ0v) is 38.2. The third-order valence-corrected chi connectivity index (χ3v) is 11.6. The van der Waals surface area contributed by atoms with Crippen molar-refractivity contribution in [2.45, 2.75) is 169 Å². The standard InChI is InChI=1S/C40H34F34N2/c1-7-76(24-18(4)14-22(15-19(24)5)9-11-26(43,44)28(47,48)30(51,52)32(55,56)34(59,60)36(63,64)38(67,68)40(72,73)74)20(6)75-23-16(2)12-21(13-17(23)3)8-10-25(41,42)27(45,46)29(49,50)31(53,54)33(57,58)35(61,62)37(65,66)39(69,70)71/h12-15,20,75H,7-11H2,1-6H3. The summed E-state index contributed by atoms with van der Waals surface area (Å²) in [5, 5.41) is 2.83. The van der Waals surface area contributed by atoms with E-state index in [9.17, 15) is 149 Å². The Kier molecular flexibility index (Phi) is 17.6. The van der Waals surface area contributed by atoms with E-state index in [1.165, 1.54) is 18.7 Å². The minimum absolute atomic E-state index is 0.0233. The number of nitrogens with zero attached hydrogens (tertiary/aromatic N) is 1. The summed E-state index contributed by atoms with van der Waals surface area (Å²) in [4.78, 5) is 1.37. The summed E-state index contributed by atoms with van der Waals surface area (Å²) in [5.74, 6) is -115. The third kappa shape index (κ3) is 10.2. The lowest BCUT2D eigenvalue weighted by Crippen LogP contribution is -2.74. The van der Waals surface area contributed by atoms with Gasteiger partial charge in [-0.3, -0.25) is 0 Å². The zero-order valence-electron chi connectivity index (χ0n) is 38.2. The number of anilines is 2. The zero-order chi connectivity index (χ0) is 60.8. The van der Waals surface area contributed by atoms with Crippen LogP contribution in [0.2, 0.25) is 0 Å². The fraction of sp³-hybridized carbons (Fsp3) is 0.700. The van der Waals surface area contributed by atoms with Crippen LogP contribution in [0.3, 0.4) is 0 Å². The summed E-state index contributed by atoms with van der Waals surface area (Å²) in [6.07, 6.45) is -25.7. The van der Waals surface area contributed by atoms with Crippen LogP contribution in [0.25, 0.3) is 0 Å². The van der Waals surface area contributed by atoms with Crippen molar-refractivity contribution in [3.63, 3.8) is 0 Å². The molecule has 0 aliphatic heterocycles. The SMILES string of the molecule is CCN(c1c(C)cc(CCC(F)(F)C(F)(F)C(F)(F)C(F)(F)C(F)(F)C(F)(F)C(F)(F)C(F)(F)F)cc1C)C(C)Nc1c(C)cc(CCC(F)(F)C(F)(F)C(F)(F)C(F)(F)C(F)(F)C(F)(F)C(F)(F)C(F)(F)F)cc1C. The van der Waals surface area contributed by atoms with Crippen molar-refractivity contribution in [2.75, 3.05) is 16.8 Å². The summed E-state index contributed by atoms with van der Waals surface area (Å²) < 4.78 is 467. The van der Waals surface area contributed by atoms with Gasteiger partial charge in [-0.2, -0.15) is 149 Å². The van der Waals surface area contributed by atoms with Gasteiger partial charge in [-0.25, -0.2) is 0 Å². The van der Waals surface area contributed by atoms with Gasteiger partial charge in [0.1, 0.15) is 0 Å². The van der Waals surface area contributed by atoms with E-state index in [1.807, 2.05) is 0 Å². The second-order valence-corrected chi connectivity index (χ2v) is 17.1. The fourth-order valence-corrected chi connectivity index (χ4v) is 7.29. The monoisotopic (exact) mass is 1190 g/mol. The van der Waals surface area contributed by atoms with E-state index in [-0.39, 0.29) is 40.2 Å². The summed E-state index contributed by atoms with van der Waals surface area (Å²) in [6, 6.07) is 3.28. The Balaban J connectivity index is 2.42. The molecule has 0 bridgehead atoms. The Morgan fingerprint density at radius 1 is 0.355 bits per heavy atom. The molecule has 0 heterocycles. The van der Waals surface area contributed by atoms with Gasteiger partial charge >= 0.3 is 95.3 Å². The molecule has 36 heteroatoms. The average Bonchev–Trinajstić information content (AvgIpc) is 3.22. The first-order chi connectivity index (χ1) is 33.1. The first-order valence-corrected chi connectivity index (χ1v) is 20.3. The van der Waals surface area contributed by atoms with Crippen LogP contribution in [0.5, 0.6) is 0 Å². The molecule has 76 heavy (non-hydrogen) atoms. The van der Waals surface area contributed by atoms with E-state index in [1.54, 1.807) is 0 Å². The van der Waals surface area contributed by atoms with Crippen molar-refractivity contribution >= 4 is 11.4 Å². The maximum absolute atomic E-state index is 14.7. The molecule has 0 saturated heterocycles. The molecule has 0 saturated carbocycles. The highest BCUT2D eigenvalue weighted by Gasteiger charge is 2.97. The number of alkyl halides is 34. The van der Waals surface area contributed by atoms with E-state index in [4.69, 9.17) is 0 Å². The van der Waals surface area contributed by atoms with E-state index in [0.29, 0.717) is 0 Å². The van der Waals surface area contributed by atoms with Crippen LogP contribution < -0.4 is 10.2 Å². The van der Waals surface area contributed by atoms with Gasteiger partial charge < -0.3 is 10.2 Å². The maximum atomic E-state index is 14.7. The molecular formula is C40H34F34N2. The van der Waals surface area contributed by atoms with Crippen molar-refractivity contribution < 1.29 is 149 Å². The fourth-order valence-electron chi connectivity index (χ4n) is 7.29. The molecule has 0 aliphatic carbocycles. The van der Waals surface area contributed by atoms with Crippen molar-refractivity contribution in [2.24, 2.45) is 0 Å². The van der Waals surface area contributed by atoms with E-state index in [2.05, 4.69) is 5.32 Å². The lowest BCUT2D eigenvalue weighted by Gasteiger charge is -2.42. The van der Waals surface area contributed by atoms with Crippen molar-refractivity contribution in [3.05, 3.63) is 57.6 Å².